The average Bonchev–Trinajstić information content (AvgIpc) is 2.52. The van der Waals surface area contributed by atoms with Crippen molar-refractivity contribution in [1.82, 2.24) is 4.90 Å². The predicted octanol–water partition coefficient (Wildman–Crippen LogP) is 2.04. The smallest absolute Gasteiger partial charge is 0.253 e. The first-order chi connectivity index (χ1) is 10.1. The molecule has 1 atom stereocenters. The lowest BCUT2D eigenvalue weighted by atomic mass is 10.1. The molecule has 1 aromatic carbocycles. The molecule has 0 bridgehead atoms. The van der Waals surface area contributed by atoms with E-state index in [2.05, 4.69) is 17.9 Å². The van der Waals surface area contributed by atoms with Crippen molar-refractivity contribution in [2.24, 2.45) is 5.92 Å². The van der Waals surface area contributed by atoms with Crippen LogP contribution in [0, 0.1) is 29.1 Å². The summed E-state index contributed by atoms with van der Waals surface area (Å²) in [7, 11) is 0. The maximum absolute atomic E-state index is 12.3. The molecule has 1 N–H and O–H groups in total. The summed E-state index contributed by atoms with van der Waals surface area (Å²) < 4.78 is 0. The van der Waals surface area contributed by atoms with Crippen LogP contribution in [0.15, 0.2) is 24.3 Å². The molecule has 0 spiro atoms. The van der Waals surface area contributed by atoms with Gasteiger partial charge in [-0.3, -0.25) is 4.79 Å². The van der Waals surface area contributed by atoms with Crippen molar-refractivity contribution >= 4 is 5.91 Å². The Morgan fingerprint density at radius 2 is 2.05 bits per heavy atom. The SMILES string of the molecule is CCN(CC(C)C#N)C(=O)c1ccc(C#CCCO)cc1. The Kier molecular flexibility index (Phi) is 7.01. The van der Waals surface area contributed by atoms with E-state index < -0.39 is 0 Å². The van der Waals surface area contributed by atoms with Crippen LogP contribution < -0.4 is 0 Å². The summed E-state index contributed by atoms with van der Waals surface area (Å²) in [5.74, 6) is 5.50. The summed E-state index contributed by atoms with van der Waals surface area (Å²) in [5, 5.41) is 17.5. The lowest BCUT2D eigenvalue weighted by Crippen LogP contribution is -2.34. The van der Waals surface area contributed by atoms with E-state index in [1.807, 2.05) is 6.92 Å². The summed E-state index contributed by atoms with van der Waals surface area (Å²) in [5.41, 5.74) is 1.41. The largest absolute Gasteiger partial charge is 0.395 e. The summed E-state index contributed by atoms with van der Waals surface area (Å²) in [6.45, 7) is 4.76. The highest BCUT2D eigenvalue weighted by molar-refractivity contribution is 5.94. The van der Waals surface area contributed by atoms with Gasteiger partial charge in [0.1, 0.15) is 0 Å². The standard InChI is InChI=1S/C17H20N2O2/c1-3-19(13-14(2)12-18)17(21)16-9-7-15(8-10-16)6-4-5-11-20/h7-10,14,20H,3,5,11,13H2,1-2H3. The molecule has 1 aromatic rings. The van der Waals surface area contributed by atoms with Gasteiger partial charge in [-0.1, -0.05) is 11.8 Å². The van der Waals surface area contributed by atoms with Crippen molar-refractivity contribution in [3.05, 3.63) is 35.4 Å². The zero-order chi connectivity index (χ0) is 15.7. The minimum Gasteiger partial charge on any atom is -0.395 e. The molecular weight excluding hydrogens is 264 g/mol. The second kappa shape index (κ2) is 8.79. The first kappa shape index (κ1) is 16.8. The molecule has 4 heteroatoms. The molecule has 0 saturated carbocycles. The van der Waals surface area contributed by atoms with E-state index in [0.717, 1.165) is 5.56 Å². The number of benzene rings is 1. The van der Waals surface area contributed by atoms with Crippen LogP contribution in [0.5, 0.6) is 0 Å². The maximum Gasteiger partial charge on any atom is 0.253 e. The zero-order valence-electron chi connectivity index (χ0n) is 12.5. The Bertz CT molecular complexity index is 561. The van der Waals surface area contributed by atoms with Gasteiger partial charge >= 0.3 is 0 Å². The monoisotopic (exact) mass is 284 g/mol. The van der Waals surface area contributed by atoms with Crippen LogP contribution in [0.4, 0.5) is 0 Å². The van der Waals surface area contributed by atoms with E-state index in [0.29, 0.717) is 25.1 Å². The van der Waals surface area contributed by atoms with E-state index in [-0.39, 0.29) is 18.4 Å². The first-order valence-corrected chi connectivity index (χ1v) is 7.01. The number of hydrogen-bond donors (Lipinski definition) is 1. The molecule has 1 rings (SSSR count). The lowest BCUT2D eigenvalue weighted by molar-refractivity contribution is 0.0752. The molecule has 0 heterocycles. The van der Waals surface area contributed by atoms with Gasteiger partial charge in [0.15, 0.2) is 0 Å². The average molecular weight is 284 g/mol. The molecule has 1 unspecified atom stereocenters. The number of rotatable bonds is 5. The summed E-state index contributed by atoms with van der Waals surface area (Å²) >= 11 is 0. The quantitative estimate of drug-likeness (QED) is 0.842. The minimum atomic E-state index is -0.183. The normalized spacial score (nSPS) is 11.0. The predicted molar refractivity (Wildman–Crippen MR) is 81.4 cm³/mol. The van der Waals surface area contributed by atoms with Gasteiger partial charge in [0, 0.05) is 30.6 Å². The van der Waals surface area contributed by atoms with Crippen molar-refractivity contribution in [3.63, 3.8) is 0 Å². The number of carbonyl (C=O) groups excluding carboxylic acids is 1. The molecule has 0 aliphatic heterocycles. The highest BCUT2D eigenvalue weighted by Crippen LogP contribution is 2.09. The van der Waals surface area contributed by atoms with Crippen LogP contribution in [-0.4, -0.2) is 35.6 Å². The highest BCUT2D eigenvalue weighted by atomic mass is 16.2. The zero-order valence-corrected chi connectivity index (χ0v) is 12.5. The second-order valence-electron chi connectivity index (χ2n) is 4.73. The second-order valence-corrected chi connectivity index (χ2v) is 4.73. The summed E-state index contributed by atoms with van der Waals surface area (Å²) in [6.07, 6.45) is 0.441. The minimum absolute atomic E-state index is 0.0477. The molecule has 0 fully saturated rings. The summed E-state index contributed by atoms with van der Waals surface area (Å²) in [6, 6.07) is 9.21. The third kappa shape index (κ3) is 5.30. The number of carbonyl (C=O) groups is 1. The maximum atomic E-state index is 12.3. The Morgan fingerprint density at radius 1 is 1.38 bits per heavy atom. The molecule has 4 nitrogen and oxygen atoms in total. The Hall–Kier alpha value is -2.30. The number of aliphatic hydroxyl groups is 1. The van der Waals surface area contributed by atoms with E-state index in [1.165, 1.54) is 0 Å². The third-order valence-electron chi connectivity index (χ3n) is 2.98. The van der Waals surface area contributed by atoms with Crippen molar-refractivity contribution in [2.75, 3.05) is 19.7 Å². The van der Waals surface area contributed by atoms with Crippen LogP contribution >= 0.6 is 0 Å². The van der Waals surface area contributed by atoms with Crippen LogP contribution in [0.25, 0.3) is 0 Å². The molecule has 1 amide bonds. The number of aliphatic hydroxyl groups excluding tert-OH is 1. The van der Waals surface area contributed by atoms with Crippen molar-refractivity contribution in [1.29, 1.82) is 5.26 Å². The Labute approximate surface area is 126 Å². The molecule has 0 radical (unpaired) electrons. The topological polar surface area (TPSA) is 64.3 Å². The fraction of sp³-hybridized carbons (Fsp3) is 0.412. The molecule has 0 aliphatic rings. The first-order valence-electron chi connectivity index (χ1n) is 7.01. The molecule has 0 saturated heterocycles. The molecule has 21 heavy (non-hydrogen) atoms. The molecule has 110 valence electrons. The fourth-order valence-corrected chi connectivity index (χ4v) is 1.83. The third-order valence-corrected chi connectivity index (χ3v) is 2.98. The van der Waals surface area contributed by atoms with E-state index in [1.54, 1.807) is 36.1 Å². The van der Waals surface area contributed by atoms with Crippen LogP contribution in [-0.2, 0) is 0 Å². The van der Waals surface area contributed by atoms with Crippen LogP contribution in [0.2, 0.25) is 0 Å². The van der Waals surface area contributed by atoms with Gasteiger partial charge in [-0.05, 0) is 38.1 Å². The van der Waals surface area contributed by atoms with E-state index in [4.69, 9.17) is 10.4 Å². The fourth-order valence-electron chi connectivity index (χ4n) is 1.83. The van der Waals surface area contributed by atoms with Gasteiger partial charge < -0.3 is 10.0 Å². The van der Waals surface area contributed by atoms with Crippen LogP contribution in [0.1, 0.15) is 36.2 Å². The molecule has 0 aliphatic carbocycles. The lowest BCUT2D eigenvalue weighted by Gasteiger charge is -2.22. The van der Waals surface area contributed by atoms with Gasteiger partial charge in [0.2, 0.25) is 0 Å². The van der Waals surface area contributed by atoms with Crippen molar-refractivity contribution in [3.8, 4) is 17.9 Å². The number of nitrogens with zero attached hydrogens (tertiary/aromatic N) is 2. The van der Waals surface area contributed by atoms with Crippen molar-refractivity contribution < 1.29 is 9.90 Å². The number of nitriles is 1. The van der Waals surface area contributed by atoms with E-state index in [9.17, 15) is 4.79 Å². The van der Waals surface area contributed by atoms with Crippen molar-refractivity contribution in [2.45, 2.75) is 20.3 Å². The van der Waals surface area contributed by atoms with Gasteiger partial charge in [-0.15, -0.1) is 0 Å². The Balaban J connectivity index is 2.79. The number of amides is 1. The van der Waals surface area contributed by atoms with Gasteiger partial charge in [0.25, 0.3) is 5.91 Å². The molecular formula is C17H20N2O2. The highest BCUT2D eigenvalue weighted by Gasteiger charge is 2.16. The molecule has 0 aromatic heterocycles. The van der Waals surface area contributed by atoms with Crippen LogP contribution in [0.3, 0.4) is 0 Å². The van der Waals surface area contributed by atoms with Gasteiger partial charge in [0.05, 0.1) is 18.6 Å². The Morgan fingerprint density at radius 3 is 2.57 bits per heavy atom. The number of hydrogen-bond acceptors (Lipinski definition) is 3. The van der Waals surface area contributed by atoms with Gasteiger partial charge in [-0.2, -0.15) is 5.26 Å². The van der Waals surface area contributed by atoms with E-state index >= 15 is 0 Å². The summed E-state index contributed by atoms with van der Waals surface area (Å²) in [4.78, 5) is 14.0. The van der Waals surface area contributed by atoms with Gasteiger partial charge in [-0.25, -0.2) is 0 Å².